The van der Waals surface area contributed by atoms with E-state index in [4.69, 9.17) is 4.74 Å². The van der Waals surface area contributed by atoms with Crippen LogP contribution in [0.3, 0.4) is 0 Å². The van der Waals surface area contributed by atoms with E-state index in [0.29, 0.717) is 30.9 Å². The summed E-state index contributed by atoms with van der Waals surface area (Å²) in [6, 6.07) is 6.76. The van der Waals surface area contributed by atoms with Gasteiger partial charge < -0.3 is 20.7 Å². The smallest absolute Gasteiger partial charge is 0.251 e. The number of rotatable bonds is 8. The molecule has 118 valence electrons. The molecule has 0 fully saturated rings. The van der Waals surface area contributed by atoms with Gasteiger partial charge in [0.05, 0.1) is 6.61 Å². The number of nitrogens with one attached hydrogen (secondary N) is 3. The normalized spacial score (nSPS) is 9.62. The molecule has 0 radical (unpaired) electrons. The first-order valence-electron chi connectivity index (χ1n) is 6.49. The standard InChI is InChI=1S/C14H21N3O3.ClH/c1-11(18)17-13-5-3-12(4-6-13)14(19)16-8-7-15-9-10-20-2;/h3-6,15H,7-10H2,1-2H3,(H,16,19)(H,17,18);1H. The quantitative estimate of drug-likeness (QED) is 0.626. The summed E-state index contributed by atoms with van der Waals surface area (Å²) in [4.78, 5) is 22.7. The molecule has 0 unspecified atom stereocenters. The molecule has 6 nitrogen and oxygen atoms in total. The minimum atomic E-state index is -0.135. The molecule has 0 atom stereocenters. The third kappa shape index (κ3) is 8.29. The van der Waals surface area contributed by atoms with E-state index in [2.05, 4.69) is 16.0 Å². The Kier molecular flexibility index (Phi) is 10.2. The third-order valence-electron chi connectivity index (χ3n) is 2.54. The van der Waals surface area contributed by atoms with Crippen molar-refractivity contribution in [3.63, 3.8) is 0 Å². The number of halogens is 1. The van der Waals surface area contributed by atoms with E-state index in [9.17, 15) is 9.59 Å². The van der Waals surface area contributed by atoms with E-state index in [1.165, 1.54) is 6.92 Å². The van der Waals surface area contributed by atoms with Gasteiger partial charge in [0.1, 0.15) is 0 Å². The molecule has 1 aromatic carbocycles. The maximum Gasteiger partial charge on any atom is 0.251 e. The first-order chi connectivity index (χ1) is 9.63. The van der Waals surface area contributed by atoms with Crippen molar-refractivity contribution in [2.75, 3.05) is 38.7 Å². The molecule has 0 aliphatic heterocycles. The molecule has 7 heteroatoms. The molecule has 0 aliphatic rings. The van der Waals surface area contributed by atoms with Gasteiger partial charge in [0.25, 0.3) is 5.91 Å². The number of carbonyl (C=O) groups excluding carboxylic acids is 2. The van der Waals surface area contributed by atoms with Crippen molar-refractivity contribution < 1.29 is 14.3 Å². The van der Waals surface area contributed by atoms with Crippen LogP contribution in [-0.2, 0) is 9.53 Å². The van der Waals surface area contributed by atoms with Crippen molar-refractivity contribution in [2.45, 2.75) is 6.92 Å². The zero-order chi connectivity index (χ0) is 14.8. The van der Waals surface area contributed by atoms with Gasteiger partial charge in [-0.25, -0.2) is 0 Å². The zero-order valence-electron chi connectivity index (χ0n) is 12.3. The SMILES string of the molecule is COCCNCCNC(=O)c1ccc(NC(C)=O)cc1.Cl. The lowest BCUT2D eigenvalue weighted by molar-refractivity contribution is -0.114. The molecule has 0 spiro atoms. The summed E-state index contributed by atoms with van der Waals surface area (Å²) in [6.45, 7) is 4.10. The van der Waals surface area contributed by atoms with Crippen molar-refractivity contribution >= 4 is 29.9 Å². The van der Waals surface area contributed by atoms with Crippen LogP contribution in [0.4, 0.5) is 5.69 Å². The molecule has 0 saturated carbocycles. The molecule has 0 aromatic heterocycles. The summed E-state index contributed by atoms with van der Waals surface area (Å²) in [5, 5.41) is 8.59. The lowest BCUT2D eigenvalue weighted by Crippen LogP contribution is -2.33. The van der Waals surface area contributed by atoms with Crippen LogP contribution in [-0.4, -0.2) is 45.2 Å². The molecule has 1 rings (SSSR count). The number of carbonyl (C=O) groups is 2. The molecule has 21 heavy (non-hydrogen) atoms. The Morgan fingerprint density at radius 1 is 1.10 bits per heavy atom. The van der Waals surface area contributed by atoms with Crippen LogP contribution >= 0.6 is 12.4 Å². The van der Waals surface area contributed by atoms with E-state index in [-0.39, 0.29) is 24.2 Å². The van der Waals surface area contributed by atoms with Gasteiger partial charge in [0.15, 0.2) is 0 Å². The van der Waals surface area contributed by atoms with E-state index in [0.717, 1.165) is 6.54 Å². The maximum absolute atomic E-state index is 11.8. The molecule has 2 amide bonds. The van der Waals surface area contributed by atoms with Crippen LogP contribution in [0.25, 0.3) is 0 Å². The Morgan fingerprint density at radius 3 is 2.33 bits per heavy atom. The Morgan fingerprint density at radius 2 is 1.76 bits per heavy atom. The van der Waals surface area contributed by atoms with Crippen LogP contribution in [0.5, 0.6) is 0 Å². The monoisotopic (exact) mass is 315 g/mol. The zero-order valence-corrected chi connectivity index (χ0v) is 13.1. The summed E-state index contributed by atoms with van der Waals surface area (Å²) < 4.78 is 4.90. The van der Waals surface area contributed by atoms with Crippen LogP contribution < -0.4 is 16.0 Å². The third-order valence-corrected chi connectivity index (χ3v) is 2.54. The minimum absolute atomic E-state index is 0. The summed E-state index contributed by atoms with van der Waals surface area (Å²) in [5.41, 5.74) is 1.24. The topological polar surface area (TPSA) is 79.5 Å². The number of benzene rings is 1. The molecule has 0 bridgehead atoms. The lowest BCUT2D eigenvalue weighted by atomic mass is 10.2. The van der Waals surface area contributed by atoms with E-state index < -0.39 is 0 Å². The maximum atomic E-state index is 11.8. The van der Waals surface area contributed by atoms with Crippen LogP contribution in [0, 0.1) is 0 Å². The summed E-state index contributed by atoms with van der Waals surface area (Å²) in [7, 11) is 1.65. The Bertz CT molecular complexity index is 438. The fourth-order valence-corrected chi connectivity index (χ4v) is 1.57. The average Bonchev–Trinajstić information content (AvgIpc) is 2.42. The Hall–Kier alpha value is -1.63. The first kappa shape index (κ1) is 19.4. The van der Waals surface area contributed by atoms with Crippen molar-refractivity contribution in [3.05, 3.63) is 29.8 Å². The van der Waals surface area contributed by atoms with Gasteiger partial charge in [-0.15, -0.1) is 12.4 Å². The van der Waals surface area contributed by atoms with Crippen molar-refractivity contribution in [1.29, 1.82) is 0 Å². The van der Waals surface area contributed by atoms with Crippen molar-refractivity contribution in [1.82, 2.24) is 10.6 Å². The molecular weight excluding hydrogens is 294 g/mol. The van der Waals surface area contributed by atoms with Crippen LogP contribution in [0.2, 0.25) is 0 Å². The number of hydrogen-bond acceptors (Lipinski definition) is 4. The van der Waals surface area contributed by atoms with Crippen molar-refractivity contribution in [3.8, 4) is 0 Å². The Balaban J connectivity index is 0.00000400. The average molecular weight is 316 g/mol. The highest BCUT2D eigenvalue weighted by atomic mass is 35.5. The second-order valence-corrected chi connectivity index (χ2v) is 4.26. The fourth-order valence-electron chi connectivity index (χ4n) is 1.57. The summed E-state index contributed by atoms with van der Waals surface area (Å²) in [5.74, 6) is -0.266. The van der Waals surface area contributed by atoms with Gasteiger partial charge in [-0.1, -0.05) is 0 Å². The number of amides is 2. The van der Waals surface area contributed by atoms with Gasteiger partial charge in [-0.05, 0) is 24.3 Å². The van der Waals surface area contributed by atoms with Crippen LogP contribution in [0.15, 0.2) is 24.3 Å². The van der Waals surface area contributed by atoms with Gasteiger partial charge in [-0.3, -0.25) is 9.59 Å². The highest BCUT2D eigenvalue weighted by Crippen LogP contribution is 2.09. The predicted molar refractivity (Wildman–Crippen MR) is 85.1 cm³/mol. The van der Waals surface area contributed by atoms with Gasteiger partial charge in [0.2, 0.25) is 5.91 Å². The molecule has 0 saturated heterocycles. The van der Waals surface area contributed by atoms with Gasteiger partial charge in [-0.2, -0.15) is 0 Å². The van der Waals surface area contributed by atoms with E-state index in [1.807, 2.05) is 0 Å². The molecular formula is C14H22ClN3O3. The largest absolute Gasteiger partial charge is 0.383 e. The number of anilines is 1. The van der Waals surface area contributed by atoms with Gasteiger partial charge in [0, 0.05) is 44.9 Å². The molecule has 0 heterocycles. The predicted octanol–water partition coefficient (Wildman–Crippen LogP) is 1.03. The number of hydrogen-bond donors (Lipinski definition) is 3. The van der Waals surface area contributed by atoms with Crippen LogP contribution in [0.1, 0.15) is 17.3 Å². The first-order valence-corrected chi connectivity index (χ1v) is 6.49. The van der Waals surface area contributed by atoms with E-state index in [1.54, 1.807) is 31.4 Å². The summed E-state index contributed by atoms with van der Waals surface area (Å²) >= 11 is 0. The highest BCUT2D eigenvalue weighted by Gasteiger charge is 2.04. The van der Waals surface area contributed by atoms with Gasteiger partial charge >= 0.3 is 0 Å². The molecule has 0 aliphatic carbocycles. The number of methoxy groups -OCH3 is 1. The lowest BCUT2D eigenvalue weighted by Gasteiger charge is -2.07. The molecule has 3 N–H and O–H groups in total. The fraction of sp³-hybridized carbons (Fsp3) is 0.429. The minimum Gasteiger partial charge on any atom is -0.383 e. The van der Waals surface area contributed by atoms with Crippen molar-refractivity contribution in [2.24, 2.45) is 0 Å². The second kappa shape index (κ2) is 11.1. The highest BCUT2D eigenvalue weighted by molar-refractivity contribution is 5.95. The summed E-state index contributed by atoms with van der Waals surface area (Å²) in [6.07, 6.45) is 0. The number of ether oxygens (including phenoxy) is 1. The second-order valence-electron chi connectivity index (χ2n) is 4.26. The van der Waals surface area contributed by atoms with E-state index >= 15 is 0 Å². The molecule has 1 aromatic rings. The Labute approximate surface area is 131 Å².